The standard InChI is InChI=1S/C4H4ClNS/c1-7-3-4(5)2-6/h3H,1H3. The molecule has 0 aromatic rings. The summed E-state index contributed by atoms with van der Waals surface area (Å²) in [5, 5.41) is 9.83. The lowest BCUT2D eigenvalue weighted by Gasteiger charge is -1.74. The molecule has 0 amide bonds. The molecule has 0 fully saturated rings. The van der Waals surface area contributed by atoms with Gasteiger partial charge in [0, 0.05) is 0 Å². The van der Waals surface area contributed by atoms with Crippen molar-refractivity contribution in [2.24, 2.45) is 0 Å². The van der Waals surface area contributed by atoms with E-state index in [1.165, 1.54) is 11.8 Å². The van der Waals surface area contributed by atoms with Crippen molar-refractivity contribution < 1.29 is 0 Å². The van der Waals surface area contributed by atoms with E-state index in [1.54, 1.807) is 11.5 Å². The Bertz CT molecular complexity index is 113. The van der Waals surface area contributed by atoms with Crippen LogP contribution in [-0.4, -0.2) is 6.26 Å². The molecule has 0 spiro atoms. The topological polar surface area (TPSA) is 23.8 Å². The van der Waals surface area contributed by atoms with Crippen molar-refractivity contribution in [2.75, 3.05) is 6.26 Å². The molecule has 3 heteroatoms. The molecule has 0 aromatic carbocycles. The minimum atomic E-state index is 0.243. The maximum absolute atomic E-state index is 8.00. The normalized spacial score (nSPS) is 10.7. The lowest BCUT2D eigenvalue weighted by atomic mass is 10.7. The largest absolute Gasteiger partial charge is 0.191 e. The molecule has 0 N–H and O–H groups in total. The van der Waals surface area contributed by atoms with E-state index in [0.717, 1.165) is 0 Å². The second kappa shape index (κ2) is 4.04. The summed E-state index contributed by atoms with van der Waals surface area (Å²) >= 11 is 6.66. The van der Waals surface area contributed by atoms with Crippen molar-refractivity contribution >= 4 is 23.4 Å². The Morgan fingerprint density at radius 1 is 2.00 bits per heavy atom. The van der Waals surface area contributed by atoms with Crippen molar-refractivity contribution in [3.05, 3.63) is 10.4 Å². The molecule has 0 heterocycles. The molecule has 0 saturated carbocycles. The van der Waals surface area contributed by atoms with Gasteiger partial charge in [0.1, 0.15) is 11.1 Å². The highest BCUT2D eigenvalue weighted by Gasteiger charge is 1.79. The molecule has 0 rings (SSSR count). The van der Waals surface area contributed by atoms with Crippen LogP contribution in [0.2, 0.25) is 0 Å². The van der Waals surface area contributed by atoms with Crippen LogP contribution in [0, 0.1) is 11.3 Å². The molecule has 0 radical (unpaired) electrons. The molecular weight excluding hydrogens is 130 g/mol. The van der Waals surface area contributed by atoms with Crippen LogP contribution in [0.4, 0.5) is 0 Å². The Hall–Kier alpha value is -0.130. The van der Waals surface area contributed by atoms with Crippen molar-refractivity contribution in [1.82, 2.24) is 0 Å². The zero-order valence-corrected chi connectivity index (χ0v) is 5.38. The van der Waals surface area contributed by atoms with E-state index in [4.69, 9.17) is 16.9 Å². The predicted octanol–water partition coefficient (Wildman–Crippen LogP) is 1.95. The molecule has 0 bridgehead atoms. The van der Waals surface area contributed by atoms with Gasteiger partial charge in [0.2, 0.25) is 0 Å². The maximum atomic E-state index is 8.00. The highest BCUT2D eigenvalue weighted by molar-refractivity contribution is 8.01. The Balaban J connectivity index is 3.57. The summed E-state index contributed by atoms with van der Waals surface area (Å²) in [6, 6.07) is 1.77. The predicted molar refractivity (Wildman–Crippen MR) is 33.1 cm³/mol. The molecule has 0 unspecified atom stereocenters. The molecule has 0 aromatic heterocycles. The van der Waals surface area contributed by atoms with E-state index < -0.39 is 0 Å². The number of thioether (sulfide) groups is 1. The van der Waals surface area contributed by atoms with Gasteiger partial charge in [0.25, 0.3) is 0 Å². The molecule has 38 valence electrons. The van der Waals surface area contributed by atoms with Crippen LogP contribution in [0.25, 0.3) is 0 Å². The number of hydrogen-bond donors (Lipinski definition) is 0. The van der Waals surface area contributed by atoms with E-state index in [2.05, 4.69) is 0 Å². The number of nitriles is 1. The zero-order valence-electron chi connectivity index (χ0n) is 3.81. The minimum Gasteiger partial charge on any atom is -0.191 e. The van der Waals surface area contributed by atoms with Gasteiger partial charge in [0.15, 0.2) is 0 Å². The molecule has 0 saturated heterocycles. The first-order valence-corrected chi connectivity index (χ1v) is 3.26. The van der Waals surface area contributed by atoms with Gasteiger partial charge in [-0.15, -0.1) is 11.8 Å². The molecular formula is C4H4ClNS. The summed E-state index contributed by atoms with van der Waals surface area (Å²) in [4.78, 5) is 0. The number of allylic oxidation sites excluding steroid dienone is 1. The SMILES string of the molecule is CSC=C(Cl)C#N. The van der Waals surface area contributed by atoms with Crippen LogP contribution in [0.15, 0.2) is 10.4 Å². The third-order valence-electron chi connectivity index (χ3n) is 0.328. The third kappa shape index (κ3) is 3.71. The van der Waals surface area contributed by atoms with Crippen molar-refractivity contribution in [3.8, 4) is 6.07 Å². The van der Waals surface area contributed by atoms with Crippen molar-refractivity contribution in [1.29, 1.82) is 5.26 Å². The number of halogens is 1. The number of rotatable bonds is 1. The van der Waals surface area contributed by atoms with Crippen LogP contribution in [0.3, 0.4) is 0 Å². The van der Waals surface area contributed by atoms with Gasteiger partial charge < -0.3 is 0 Å². The van der Waals surface area contributed by atoms with Gasteiger partial charge in [-0.2, -0.15) is 5.26 Å². The summed E-state index contributed by atoms with van der Waals surface area (Å²) in [7, 11) is 0. The van der Waals surface area contributed by atoms with E-state index in [0.29, 0.717) is 0 Å². The minimum absolute atomic E-state index is 0.243. The van der Waals surface area contributed by atoms with E-state index in [9.17, 15) is 0 Å². The molecule has 0 aliphatic rings. The summed E-state index contributed by atoms with van der Waals surface area (Å²) in [6.45, 7) is 0. The lowest BCUT2D eigenvalue weighted by molar-refractivity contribution is 1.53. The average Bonchev–Trinajstić information content (AvgIpc) is 1.68. The van der Waals surface area contributed by atoms with Gasteiger partial charge in [-0.25, -0.2) is 0 Å². The molecule has 0 atom stereocenters. The van der Waals surface area contributed by atoms with E-state index in [1.807, 2.05) is 6.26 Å². The summed E-state index contributed by atoms with van der Waals surface area (Å²) in [5.41, 5.74) is 0. The zero-order chi connectivity index (χ0) is 5.70. The maximum Gasteiger partial charge on any atom is 0.124 e. The summed E-state index contributed by atoms with van der Waals surface area (Å²) in [5.74, 6) is 0. The molecule has 0 aliphatic heterocycles. The van der Waals surface area contributed by atoms with Crippen LogP contribution >= 0.6 is 23.4 Å². The van der Waals surface area contributed by atoms with Gasteiger partial charge >= 0.3 is 0 Å². The first-order chi connectivity index (χ1) is 3.31. The van der Waals surface area contributed by atoms with Crippen LogP contribution in [0.5, 0.6) is 0 Å². The highest BCUT2D eigenvalue weighted by Crippen LogP contribution is 2.04. The van der Waals surface area contributed by atoms with Crippen LogP contribution in [-0.2, 0) is 0 Å². The monoisotopic (exact) mass is 133 g/mol. The fourth-order valence-electron chi connectivity index (χ4n) is 0.130. The Labute approximate surface area is 52.0 Å². The van der Waals surface area contributed by atoms with Crippen LogP contribution in [0.1, 0.15) is 0 Å². The molecule has 0 aliphatic carbocycles. The smallest absolute Gasteiger partial charge is 0.124 e. The lowest BCUT2D eigenvalue weighted by Crippen LogP contribution is -1.54. The van der Waals surface area contributed by atoms with Gasteiger partial charge in [0.05, 0.1) is 0 Å². The summed E-state index contributed by atoms with van der Waals surface area (Å²) in [6.07, 6.45) is 1.85. The molecule has 1 nitrogen and oxygen atoms in total. The number of nitrogens with zero attached hydrogens (tertiary/aromatic N) is 1. The van der Waals surface area contributed by atoms with E-state index in [-0.39, 0.29) is 5.03 Å². The first kappa shape index (κ1) is 6.87. The fourth-order valence-corrected chi connectivity index (χ4v) is 0.657. The Morgan fingerprint density at radius 2 is 2.57 bits per heavy atom. The van der Waals surface area contributed by atoms with Crippen molar-refractivity contribution in [2.45, 2.75) is 0 Å². The Morgan fingerprint density at radius 3 is 2.71 bits per heavy atom. The number of hydrogen-bond acceptors (Lipinski definition) is 2. The van der Waals surface area contributed by atoms with Crippen LogP contribution < -0.4 is 0 Å². The molecule has 7 heavy (non-hydrogen) atoms. The quantitative estimate of drug-likeness (QED) is 0.511. The Kier molecular flexibility index (Phi) is 3.97. The van der Waals surface area contributed by atoms with E-state index >= 15 is 0 Å². The fraction of sp³-hybridized carbons (Fsp3) is 0.250. The average molecular weight is 134 g/mol. The third-order valence-corrected chi connectivity index (χ3v) is 1.12. The van der Waals surface area contributed by atoms with Gasteiger partial charge in [-0.3, -0.25) is 0 Å². The van der Waals surface area contributed by atoms with Crippen molar-refractivity contribution in [3.63, 3.8) is 0 Å². The van der Waals surface area contributed by atoms with Gasteiger partial charge in [-0.1, -0.05) is 11.6 Å². The van der Waals surface area contributed by atoms with Gasteiger partial charge in [-0.05, 0) is 11.7 Å². The first-order valence-electron chi connectivity index (χ1n) is 1.60. The highest BCUT2D eigenvalue weighted by atomic mass is 35.5. The second-order valence-electron chi connectivity index (χ2n) is 0.813. The summed E-state index contributed by atoms with van der Waals surface area (Å²) < 4.78 is 0. The second-order valence-corrected chi connectivity index (χ2v) is 1.93.